The number of benzene rings is 2. The number of nitrogens with one attached hydrogen (secondary N) is 1. The zero-order valence-electron chi connectivity index (χ0n) is 15.4. The van der Waals surface area contributed by atoms with Crippen molar-refractivity contribution < 1.29 is 19.0 Å². The van der Waals surface area contributed by atoms with Gasteiger partial charge in [0.1, 0.15) is 5.75 Å². The minimum absolute atomic E-state index is 0.0255. The number of carbonyl (C=O) groups excluding carboxylic acids is 1. The molecule has 0 aliphatic carbocycles. The molecule has 5 nitrogen and oxygen atoms in total. The van der Waals surface area contributed by atoms with Gasteiger partial charge in [0.2, 0.25) is 5.91 Å². The van der Waals surface area contributed by atoms with Crippen LogP contribution in [0.4, 0.5) is 0 Å². The van der Waals surface area contributed by atoms with E-state index >= 15 is 0 Å². The highest BCUT2D eigenvalue weighted by Crippen LogP contribution is 2.27. The molecular weight excluding hydrogens is 318 g/mol. The van der Waals surface area contributed by atoms with Crippen molar-refractivity contribution >= 4 is 5.91 Å². The predicted octanol–water partition coefficient (Wildman–Crippen LogP) is 3.19. The van der Waals surface area contributed by atoms with Gasteiger partial charge in [0.25, 0.3) is 0 Å². The van der Waals surface area contributed by atoms with Crippen LogP contribution in [0.1, 0.15) is 22.3 Å². The number of hydrogen-bond acceptors (Lipinski definition) is 4. The Morgan fingerprint density at radius 1 is 0.880 bits per heavy atom. The van der Waals surface area contributed by atoms with Crippen LogP contribution in [0, 0.1) is 13.8 Å². The maximum atomic E-state index is 12.3. The summed E-state index contributed by atoms with van der Waals surface area (Å²) in [4.78, 5) is 12.3. The van der Waals surface area contributed by atoms with Crippen molar-refractivity contribution in [3.63, 3.8) is 0 Å². The Hall–Kier alpha value is -2.69. The number of rotatable bonds is 7. The maximum Gasteiger partial charge on any atom is 0.224 e. The van der Waals surface area contributed by atoms with Gasteiger partial charge in [-0.3, -0.25) is 4.79 Å². The third-order valence-corrected chi connectivity index (χ3v) is 4.14. The molecule has 0 aromatic heterocycles. The molecule has 0 fully saturated rings. The summed E-state index contributed by atoms with van der Waals surface area (Å²) >= 11 is 0. The van der Waals surface area contributed by atoms with Gasteiger partial charge in [-0.05, 0) is 54.3 Å². The first-order valence-electron chi connectivity index (χ1n) is 8.10. The van der Waals surface area contributed by atoms with Crippen molar-refractivity contribution in [2.24, 2.45) is 0 Å². The number of methoxy groups -OCH3 is 3. The molecule has 0 unspecified atom stereocenters. The van der Waals surface area contributed by atoms with Gasteiger partial charge in [0.15, 0.2) is 11.5 Å². The van der Waals surface area contributed by atoms with Crippen LogP contribution in [0.25, 0.3) is 0 Å². The SMILES string of the molecule is COc1cc(C)c(CC(=O)NCc2ccc(OC)c(OC)c2)cc1C. The van der Waals surface area contributed by atoms with Crippen molar-refractivity contribution in [3.05, 3.63) is 52.6 Å². The van der Waals surface area contributed by atoms with E-state index in [1.165, 1.54) is 0 Å². The summed E-state index contributed by atoms with van der Waals surface area (Å²) in [5, 5.41) is 2.94. The van der Waals surface area contributed by atoms with Gasteiger partial charge in [0.05, 0.1) is 27.8 Å². The summed E-state index contributed by atoms with van der Waals surface area (Å²) in [5.41, 5.74) is 4.02. The van der Waals surface area contributed by atoms with Crippen LogP contribution in [0.3, 0.4) is 0 Å². The highest BCUT2D eigenvalue weighted by Gasteiger charge is 2.10. The van der Waals surface area contributed by atoms with Gasteiger partial charge in [0, 0.05) is 6.54 Å². The van der Waals surface area contributed by atoms with Crippen molar-refractivity contribution in [2.75, 3.05) is 21.3 Å². The minimum Gasteiger partial charge on any atom is -0.496 e. The van der Waals surface area contributed by atoms with Crippen LogP contribution < -0.4 is 19.5 Å². The third kappa shape index (κ3) is 4.66. The average molecular weight is 343 g/mol. The smallest absolute Gasteiger partial charge is 0.224 e. The molecule has 2 aromatic rings. The molecule has 5 heteroatoms. The second-order valence-corrected chi connectivity index (χ2v) is 5.89. The van der Waals surface area contributed by atoms with Gasteiger partial charge < -0.3 is 19.5 Å². The maximum absolute atomic E-state index is 12.3. The molecule has 1 N–H and O–H groups in total. The van der Waals surface area contributed by atoms with E-state index in [-0.39, 0.29) is 5.91 Å². The number of hydrogen-bond donors (Lipinski definition) is 1. The Morgan fingerprint density at radius 3 is 2.20 bits per heavy atom. The summed E-state index contributed by atoms with van der Waals surface area (Å²) in [6.45, 7) is 4.40. The second-order valence-electron chi connectivity index (χ2n) is 5.89. The molecule has 0 spiro atoms. The molecule has 0 saturated heterocycles. The number of aryl methyl sites for hydroxylation is 2. The monoisotopic (exact) mass is 343 g/mol. The predicted molar refractivity (Wildman–Crippen MR) is 97.6 cm³/mol. The Balaban J connectivity index is 2.00. The zero-order valence-corrected chi connectivity index (χ0v) is 15.4. The fraction of sp³-hybridized carbons (Fsp3) is 0.350. The van der Waals surface area contributed by atoms with Crippen LogP contribution in [0.15, 0.2) is 30.3 Å². The first-order valence-corrected chi connectivity index (χ1v) is 8.10. The average Bonchev–Trinajstić information content (AvgIpc) is 2.62. The van der Waals surface area contributed by atoms with Gasteiger partial charge >= 0.3 is 0 Å². The van der Waals surface area contributed by atoms with Gasteiger partial charge in [-0.25, -0.2) is 0 Å². The Kier molecular flexibility index (Phi) is 6.28. The molecular formula is C20H25NO4. The van der Waals surface area contributed by atoms with Crippen LogP contribution in [0.5, 0.6) is 17.2 Å². The summed E-state index contributed by atoms with van der Waals surface area (Å²) < 4.78 is 15.8. The molecule has 25 heavy (non-hydrogen) atoms. The lowest BCUT2D eigenvalue weighted by Crippen LogP contribution is -2.25. The number of ether oxygens (including phenoxy) is 3. The molecule has 2 aromatic carbocycles. The highest BCUT2D eigenvalue weighted by atomic mass is 16.5. The van der Waals surface area contributed by atoms with Crippen LogP contribution >= 0.6 is 0 Å². The van der Waals surface area contributed by atoms with E-state index in [0.29, 0.717) is 24.5 Å². The molecule has 0 saturated carbocycles. The Labute approximate surface area is 148 Å². The molecule has 134 valence electrons. The van der Waals surface area contributed by atoms with E-state index in [1.54, 1.807) is 21.3 Å². The number of amides is 1. The Morgan fingerprint density at radius 2 is 1.56 bits per heavy atom. The van der Waals surface area contributed by atoms with E-state index in [4.69, 9.17) is 14.2 Å². The summed E-state index contributed by atoms with van der Waals surface area (Å²) in [6.07, 6.45) is 0.337. The fourth-order valence-corrected chi connectivity index (χ4v) is 2.69. The zero-order chi connectivity index (χ0) is 18.4. The van der Waals surface area contributed by atoms with E-state index in [0.717, 1.165) is 28.0 Å². The van der Waals surface area contributed by atoms with E-state index in [9.17, 15) is 4.79 Å². The number of carbonyl (C=O) groups is 1. The summed E-state index contributed by atoms with van der Waals surface area (Å²) in [7, 11) is 4.84. The molecule has 0 bridgehead atoms. The summed E-state index contributed by atoms with van der Waals surface area (Å²) in [5.74, 6) is 2.13. The highest BCUT2D eigenvalue weighted by molar-refractivity contribution is 5.79. The minimum atomic E-state index is -0.0255. The van der Waals surface area contributed by atoms with Crippen molar-refractivity contribution in [2.45, 2.75) is 26.8 Å². The largest absolute Gasteiger partial charge is 0.496 e. The lowest BCUT2D eigenvalue weighted by Gasteiger charge is -2.12. The fourth-order valence-electron chi connectivity index (χ4n) is 2.69. The van der Waals surface area contributed by atoms with E-state index in [1.807, 2.05) is 44.2 Å². The van der Waals surface area contributed by atoms with Crippen molar-refractivity contribution in [3.8, 4) is 17.2 Å². The molecule has 1 amide bonds. The van der Waals surface area contributed by atoms with Crippen LogP contribution in [0.2, 0.25) is 0 Å². The molecule has 0 heterocycles. The van der Waals surface area contributed by atoms with Gasteiger partial charge in [-0.2, -0.15) is 0 Å². The van der Waals surface area contributed by atoms with Crippen LogP contribution in [-0.2, 0) is 17.8 Å². The second kappa shape index (κ2) is 8.42. The third-order valence-electron chi connectivity index (χ3n) is 4.14. The van der Waals surface area contributed by atoms with Crippen molar-refractivity contribution in [1.29, 1.82) is 0 Å². The van der Waals surface area contributed by atoms with E-state index in [2.05, 4.69) is 5.32 Å². The first-order chi connectivity index (χ1) is 12.0. The molecule has 2 rings (SSSR count). The molecule has 0 radical (unpaired) electrons. The van der Waals surface area contributed by atoms with E-state index < -0.39 is 0 Å². The Bertz CT molecular complexity index is 756. The topological polar surface area (TPSA) is 56.8 Å². The normalized spacial score (nSPS) is 10.3. The van der Waals surface area contributed by atoms with Gasteiger partial charge in [-0.1, -0.05) is 12.1 Å². The molecule has 0 atom stereocenters. The lowest BCUT2D eigenvalue weighted by molar-refractivity contribution is -0.120. The standard InChI is InChI=1S/C20H25NO4/c1-13-9-18(24-4)14(2)8-16(13)11-20(22)21-12-15-6-7-17(23-3)19(10-15)25-5/h6-10H,11-12H2,1-5H3,(H,21,22). The molecule has 0 aliphatic heterocycles. The lowest BCUT2D eigenvalue weighted by atomic mass is 10.0. The van der Waals surface area contributed by atoms with Crippen LogP contribution in [-0.4, -0.2) is 27.2 Å². The first kappa shape index (κ1) is 18.6. The summed E-state index contributed by atoms with van der Waals surface area (Å²) in [6, 6.07) is 9.57. The quantitative estimate of drug-likeness (QED) is 0.839. The van der Waals surface area contributed by atoms with Gasteiger partial charge in [-0.15, -0.1) is 0 Å². The molecule has 0 aliphatic rings. The van der Waals surface area contributed by atoms with Crippen molar-refractivity contribution in [1.82, 2.24) is 5.32 Å².